The lowest BCUT2D eigenvalue weighted by atomic mass is 10.1. The Morgan fingerprint density at radius 2 is 2.15 bits per heavy atom. The second-order valence-electron chi connectivity index (χ2n) is 5.64. The summed E-state index contributed by atoms with van der Waals surface area (Å²) in [5.74, 6) is -0.0482. The fourth-order valence-corrected chi connectivity index (χ4v) is 2.74. The molecule has 1 saturated carbocycles. The van der Waals surface area contributed by atoms with Gasteiger partial charge in [0.25, 0.3) is 0 Å². The van der Waals surface area contributed by atoms with E-state index in [4.69, 9.17) is 5.26 Å². The molecule has 0 bridgehead atoms. The van der Waals surface area contributed by atoms with Crippen molar-refractivity contribution in [1.29, 1.82) is 5.26 Å². The number of benzene rings is 1. The zero-order valence-electron chi connectivity index (χ0n) is 11.8. The average molecular weight is 267 g/mol. The fourth-order valence-electron chi connectivity index (χ4n) is 2.74. The molecule has 0 radical (unpaired) electrons. The van der Waals surface area contributed by atoms with E-state index in [9.17, 15) is 4.79 Å². The number of aryl methyl sites for hydroxylation is 1. The van der Waals surface area contributed by atoms with Gasteiger partial charge in [-0.15, -0.1) is 0 Å². The number of para-hydroxylation sites is 1. The van der Waals surface area contributed by atoms with Crippen LogP contribution in [0.2, 0.25) is 0 Å². The molecule has 4 heteroatoms. The normalized spacial score (nSPS) is 15.8. The predicted molar refractivity (Wildman–Crippen MR) is 76.7 cm³/mol. The van der Waals surface area contributed by atoms with E-state index in [0.717, 1.165) is 16.5 Å². The quantitative estimate of drug-likeness (QED) is 0.857. The first-order chi connectivity index (χ1) is 9.57. The maximum absolute atomic E-state index is 12.3. The summed E-state index contributed by atoms with van der Waals surface area (Å²) in [5.41, 5.74) is 1.54. The van der Waals surface area contributed by atoms with Crippen molar-refractivity contribution in [3.63, 3.8) is 0 Å². The number of aromatic nitrogens is 1. The van der Waals surface area contributed by atoms with E-state index in [-0.39, 0.29) is 5.91 Å². The molecule has 0 atom stereocenters. The number of fused-ring (bicyclic) bond motifs is 1. The molecule has 0 spiro atoms. The van der Waals surface area contributed by atoms with Crippen LogP contribution in [0.5, 0.6) is 0 Å². The summed E-state index contributed by atoms with van der Waals surface area (Å²) in [5, 5.41) is 10.3. The molecule has 20 heavy (non-hydrogen) atoms. The van der Waals surface area contributed by atoms with Gasteiger partial charge in [0.05, 0.1) is 6.07 Å². The Morgan fingerprint density at radius 1 is 1.45 bits per heavy atom. The Kier molecular flexibility index (Phi) is 2.79. The summed E-state index contributed by atoms with van der Waals surface area (Å²) in [4.78, 5) is 14.0. The number of amides is 1. The van der Waals surface area contributed by atoms with Gasteiger partial charge in [0.1, 0.15) is 5.41 Å². The number of hydrogen-bond acceptors (Lipinski definition) is 2. The first-order valence-corrected chi connectivity index (χ1v) is 6.77. The second kappa shape index (κ2) is 4.38. The maximum Gasteiger partial charge on any atom is 0.243 e. The monoisotopic (exact) mass is 267 g/mol. The number of nitrogens with zero attached hydrogens (tertiary/aromatic N) is 3. The third-order valence-corrected chi connectivity index (χ3v) is 4.11. The van der Waals surface area contributed by atoms with Crippen molar-refractivity contribution in [3.05, 3.63) is 36.0 Å². The molecule has 3 rings (SSSR count). The van der Waals surface area contributed by atoms with Crippen LogP contribution in [0.3, 0.4) is 0 Å². The van der Waals surface area contributed by atoms with Crippen LogP contribution < -0.4 is 0 Å². The molecule has 1 aliphatic carbocycles. The molecule has 0 unspecified atom stereocenters. The van der Waals surface area contributed by atoms with E-state index in [2.05, 4.69) is 29.0 Å². The third kappa shape index (κ3) is 1.87. The SMILES string of the molecule is CN(Cc1cn(C)c2ccccc12)C(=O)C1(C#N)CC1. The largest absolute Gasteiger partial charge is 0.350 e. The lowest BCUT2D eigenvalue weighted by molar-refractivity contribution is -0.134. The summed E-state index contributed by atoms with van der Waals surface area (Å²) in [6.07, 6.45) is 3.45. The molecule has 1 aromatic carbocycles. The van der Waals surface area contributed by atoms with E-state index in [1.165, 1.54) is 0 Å². The van der Waals surface area contributed by atoms with Crippen LogP contribution in [-0.2, 0) is 18.4 Å². The molecular weight excluding hydrogens is 250 g/mol. The van der Waals surface area contributed by atoms with Gasteiger partial charge in [0.15, 0.2) is 0 Å². The topological polar surface area (TPSA) is 49.0 Å². The summed E-state index contributed by atoms with van der Waals surface area (Å²) in [7, 11) is 3.78. The van der Waals surface area contributed by atoms with Gasteiger partial charge in [-0.2, -0.15) is 5.26 Å². The minimum atomic E-state index is -0.737. The number of carbonyl (C=O) groups is 1. The average Bonchev–Trinajstić information content (AvgIpc) is 3.20. The molecular formula is C16H17N3O. The molecule has 1 aliphatic rings. The Hall–Kier alpha value is -2.28. The standard InChI is InChI=1S/C16H17N3O/c1-18-9-12(13-5-3-4-6-14(13)18)10-19(2)15(20)16(11-17)7-8-16/h3-6,9H,7-8,10H2,1-2H3. The first kappa shape index (κ1) is 12.7. The maximum atomic E-state index is 12.3. The number of nitriles is 1. The highest BCUT2D eigenvalue weighted by atomic mass is 16.2. The highest BCUT2D eigenvalue weighted by Crippen LogP contribution is 2.46. The third-order valence-electron chi connectivity index (χ3n) is 4.11. The van der Waals surface area contributed by atoms with Crippen molar-refractivity contribution in [1.82, 2.24) is 9.47 Å². The Balaban J connectivity index is 1.87. The zero-order valence-corrected chi connectivity index (χ0v) is 11.8. The molecule has 1 amide bonds. The summed E-state index contributed by atoms with van der Waals surface area (Å²) >= 11 is 0. The van der Waals surface area contributed by atoms with Crippen LogP contribution in [0.4, 0.5) is 0 Å². The van der Waals surface area contributed by atoms with Crippen LogP contribution in [-0.4, -0.2) is 22.4 Å². The molecule has 2 aromatic rings. The van der Waals surface area contributed by atoms with Crippen LogP contribution in [0, 0.1) is 16.7 Å². The number of rotatable bonds is 3. The van der Waals surface area contributed by atoms with E-state index in [1.807, 2.05) is 19.2 Å². The Morgan fingerprint density at radius 3 is 2.80 bits per heavy atom. The highest BCUT2D eigenvalue weighted by Gasteiger charge is 2.51. The van der Waals surface area contributed by atoms with Gasteiger partial charge >= 0.3 is 0 Å². The van der Waals surface area contributed by atoms with Gasteiger partial charge in [-0.05, 0) is 24.5 Å². The Labute approximate surface area is 118 Å². The molecule has 4 nitrogen and oxygen atoms in total. The van der Waals surface area contributed by atoms with E-state index >= 15 is 0 Å². The lowest BCUT2D eigenvalue weighted by Crippen LogP contribution is -2.32. The Bertz CT molecular complexity index is 719. The van der Waals surface area contributed by atoms with Crippen molar-refractivity contribution >= 4 is 16.8 Å². The highest BCUT2D eigenvalue weighted by molar-refractivity contribution is 5.89. The molecule has 1 fully saturated rings. The predicted octanol–water partition coefficient (Wildman–Crippen LogP) is 2.44. The molecule has 1 heterocycles. The van der Waals surface area contributed by atoms with Gasteiger partial charge in [0.2, 0.25) is 5.91 Å². The molecule has 0 saturated heterocycles. The van der Waals surface area contributed by atoms with Gasteiger partial charge < -0.3 is 9.47 Å². The van der Waals surface area contributed by atoms with Gasteiger partial charge in [-0.3, -0.25) is 4.79 Å². The number of carbonyl (C=O) groups excluding carboxylic acids is 1. The lowest BCUT2D eigenvalue weighted by Gasteiger charge is -2.19. The summed E-state index contributed by atoms with van der Waals surface area (Å²) in [6.45, 7) is 0.545. The molecule has 102 valence electrons. The molecule has 0 N–H and O–H groups in total. The van der Waals surface area contributed by atoms with Crippen molar-refractivity contribution in [2.24, 2.45) is 12.5 Å². The van der Waals surface area contributed by atoms with Gasteiger partial charge in [-0.25, -0.2) is 0 Å². The number of hydrogen-bond donors (Lipinski definition) is 0. The summed E-state index contributed by atoms with van der Waals surface area (Å²) in [6, 6.07) is 10.3. The van der Waals surface area contributed by atoms with Crippen molar-refractivity contribution < 1.29 is 4.79 Å². The first-order valence-electron chi connectivity index (χ1n) is 6.77. The van der Waals surface area contributed by atoms with E-state index < -0.39 is 5.41 Å². The smallest absolute Gasteiger partial charge is 0.243 e. The minimum absolute atomic E-state index is 0.0482. The second-order valence-corrected chi connectivity index (χ2v) is 5.64. The van der Waals surface area contributed by atoms with Crippen LogP contribution in [0.1, 0.15) is 18.4 Å². The molecule has 0 aliphatic heterocycles. The fraction of sp³-hybridized carbons (Fsp3) is 0.375. The van der Waals surface area contributed by atoms with Crippen LogP contribution >= 0.6 is 0 Å². The summed E-state index contributed by atoms with van der Waals surface area (Å²) < 4.78 is 2.07. The van der Waals surface area contributed by atoms with Crippen LogP contribution in [0.25, 0.3) is 10.9 Å². The van der Waals surface area contributed by atoms with Crippen molar-refractivity contribution in [3.8, 4) is 6.07 Å². The zero-order chi connectivity index (χ0) is 14.3. The van der Waals surface area contributed by atoms with Crippen LogP contribution in [0.15, 0.2) is 30.5 Å². The van der Waals surface area contributed by atoms with Gasteiger partial charge in [0, 0.05) is 37.7 Å². The van der Waals surface area contributed by atoms with E-state index in [1.54, 1.807) is 11.9 Å². The van der Waals surface area contributed by atoms with Crippen molar-refractivity contribution in [2.45, 2.75) is 19.4 Å². The van der Waals surface area contributed by atoms with E-state index in [0.29, 0.717) is 19.4 Å². The molecule has 1 aromatic heterocycles. The minimum Gasteiger partial charge on any atom is -0.350 e. The van der Waals surface area contributed by atoms with Crippen molar-refractivity contribution in [2.75, 3.05) is 7.05 Å². The van der Waals surface area contributed by atoms with Gasteiger partial charge in [-0.1, -0.05) is 18.2 Å².